The minimum Gasteiger partial charge on any atom is -0.325 e. The Bertz CT molecular complexity index is 1290. The predicted octanol–water partition coefficient (Wildman–Crippen LogP) is 3.81. The van der Waals surface area contributed by atoms with Crippen molar-refractivity contribution in [2.75, 3.05) is 12.4 Å². The summed E-state index contributed by atoms with van der Waals surface area (Å²) in [5, 5.41) is 7.06. The second-order valence-corrected chi connectivity index (χ2v) is 10.9. The molecule has 4 rings (SSSR count). The van der Waals surface area contributed by atoms with Gasteiger partial charge in [0.15, 0.2) is 0 Å². The molecule has 1 fully saturated rings. The van der Waals surface area contributed by atoms with Crippen LogP contribution in [0.15, 0.2) is 36.7 Å². The van der Waals surface area contributed by atoms with Crippen LogP contribution in [0.4, 0.5) is 10.1 Å². The van der Waals surface area contributed by atoms with Gasteiger partial charge in [0, 0.05) is 36.4 Å². The van der Waals surface area contributed by atoms with Crippen molar-refractivity contribution in [3.05, 3.63) is 57.4 Å². The van der Waals surface area contributed by atoms with Gasteiger partial charge in [-0.3, -0.25) is 9.48 Å². The number of benzene rings is 1. The molecule has 1 aliphatic heterocycles. The van der Waals surface area contributed by atoms with Crippen LogP contribution in [0, 0.1) is 5.82 Å². The number of rotatable bonds is 4. The number of hydrogen-bond acceptors (Lipinski definition) is 5. The second-order valence-electron chi connectivity index (χ2n) is 7.29. The quantitative estimate of drug-likeness (QED) is 0.549. The van der Waals surface area contributed by atoms with E-state index >= 15 is 0 Å². The first kappa shape index (κ1) is 23.1. The summed E-state index contributed by atoms with van der Waals surface area (Å²) in [5.74, 6) is -1.18. The number of anilines is 1. The predicted molar refractivity (Wildman–Crippen MR) is 123 cm³/mol. The molecule has 3 heterocycles. The molecule has 2 unspecified atom stereocenters. The molecule has 170 valence electrons. The Labute approximate surface area is 198 Å². The Balaban J connectivity index is 1.60. The molecule has 0 bridgehead atoms. The van der Waals surface area contributed by atoms with E-state index in [0.29, 0.717) is 9.90 Å². The lowest BCUT2D eigenvalue weighted by Gasteiger charge is -2.35. The highest BCUT2D eigenvalue weighted by Gasteiger charge is 2.41. The Hall–Kier alpha value is -2.02. The molecule has 1 aromatic carbocycles. The fourth-order valence-corrected chi connectivity index (χ4v) is 6.41. The van der Waals surface area contributed by atoms with Gasteiger partial charge in [0.2, 0.25) is 5.91 Å². The number of nitrogens with one attached hydrogen (secondary N) is 2. The zero-order valence-electron chi connectivity index (χ0n) is 16.8. The summed E-state index contributed by atoms with van der Waals surface area (Å²) in [6.45, 7) is 0. The SMILES string of the molecule is CN1C(C(=O)Nc2ccc(F)c(Cl)c2)CC(c2cc(Cl)c(-c3cnn(C)c3)s2)NS1(=O)=O. The minimum atomic E-state index is -3.94. The number of aromatic nitrogens is 2. The third kappa shape index (κ3) is 4.54. The van der Waals surface area contributed by atoms with Gasteiger partial charge in [0.05, 0.1) is 27.2 Å². The van der Waals surface area contributed by atoms with Gasteiger partial charge in [-0.25, -0.2) is 4.39 Å². The highest BCUT2D eigenvalue weighted by Crippen LogP contribution is 2.41. The molecular weight excluding hydrogens is 500 g/mol. The number of thiophene rings is 1. The summed E-state index contributed by atoms with van der Waals surface area (Å²) in [5.41, 5.74) is 1.08. The van der Waals surface area contributed by atoms with E-state index in [0.717, 1.165) is 20.8 Å². The van der Waals surface area contributed by atoms with Gasteiger partial charge in [-0.2, -0.15) is 22.5 Å². The van der Waals surface area contributed by atoms with Gasteiger partial charge in [-0.15, -0.1) is 11.3 Å². The lowest BCUT2D eigenvalue weighted by Crippen LogP contribution is -2.55. The molecule has 32 heavy (non-hydrogen) atoms. The molecule has 1 aliphatic rings. The van der Waals surface area contributed by atoms with Crippen molar-refractivity contribution in [2.24, 2.45) is 7.05 Å². The molecule has 13 heteroatoms. The molecule has 0 radical (unpaired) electrons. The summed E-state index contributed by atoms with van der Waals surface area (Å²) in [4.78, 5) is 14.4. The largest absolute Gasteiger partial charge is 0.325 e. The van der Waals surface area contributed by atoms with Crippen molar-refractivity contribution in [1.82, 2.24) is 18.8 Å². The monoisotopic (exact) mass is 517 g/mol. The molecule has 2 aromatic heterocycles. The van der Waals surface area contributed by atoms with Crippen LogP contribution >= 0.6 is 34.5 Å². The van der Waals surface area contributed by atoms with Gasteiger partial charge >= 0.3 is 0 Å². The van der Waals surface area contributed by atoms with Crippen LogP contribution in [-0.2, 0) is 22.1 Å². The molecule has 2 atom stereocenters. The van der Waals surface area contributed by atoms with Crippen LogP contribution in [0.3, 0.4) is 0 Å². The van der Waals surface area contributed by atoms with Gasteiger partial charge in [-0.05, 0) is 30.7 Å². The maximum atomic E-state index is 13.4. The first-order valence-electron chi connectivity index (χ1n) is 9.34. The van der Waals surface area contributed by atoms with Gasteiger partial charge < -0.3 is 5.32 Å². The smallest absolute Gasteiger partial charge is 0.280 e. The highest BCUT2D eigenvalue weighted by molar-refractivity contribution is 7.87. The number of nitrogens with zero attached hydrogens (tertiary/aromatic N) is 3. The van der Waals surface area contributed by atoms with Crippen molar-refractivity contribution in [3.63, 3.8) is 0 Å². The molecular formula is C19H18Cl2FN5O3S2. The van der Waals surface area contributed by atoms with Crippen molar-refractivity contribution >= 4 is 56.3 Å². The summed E-state index contributed by atoms with van der Waals surface area (Å²) >= 11 is 13.5. The van der Waals surface area contributed by atoms with E-state index in [1.807, 2.05) is 6.20 Å². The molecule has 0 spiro atoms. The molecule has 8 nitrogen and oxygen atoms in total. The maximum absolute atomic E-state index is 13.4. The van der Waals surface area contributed by atoms with E-state index < -0.39 is 34.0 Å². The topological polar surface area (TPSA) is 96.3 Å². The standard InChI is InChI=1S/C19H18Cl2FN5O3S2/c1-26-9-10(8-23-26)18-13(21)6-17(31-18)15-7-16(27(2)32(29,30)25-15)19(28)24-11-3-4-14(22)12(20)5-11/h3-6,8-9,15-16,25H,7H2,1-2H3,(H,24,28). The Kier molecular flexibility index (Phi) is 6.31. The summed E-state index contributed by atoms with van der Waals surface area (Å²) in [7, 11) is -0.832. The van der Waals surface area contributed by atoms with Crippen molar-refractivity contribution in [3.8, 4) is 10.4 Å². The second kappa shape index (κ2) is 8.73. The zero-order chi connectivity index (χ0) is 23.2. The fourth-order valence-electron chi connectivity index (χ4n) is 3.39. The van der Waals surface area contributed by atoms with Crippen LogP contribution in [0.2, 0.25) is 10.0 Å². The Morgan fingerprint density at radius 2 is 2.03 bits per heavy atom. The summed E-state index contributed by atoms with van der Waals surface area (Å²) in [6.07, 6.45) is 3.65. The van der Waals surface area contributed by atoms with Crippen molar-refractivity contribution < 1.29 is 17.6 Å². The lowest BCUT2D eigenvalue weighted by atomic mass is 10.1. The molecule has 1 saturated heterocycles. The fraction of sp³-hybridized carbons (Fsp3) is 0.263. The van der Waals surface area contributed by atoms with Crippen molar-refractivity contribution in [1.29, 1.82) is 0 Å². The first-order valence-corrected chi connectivity index (χ1v) is 12.4. The minimum absolute atomic E-state index is 0.150. The number of aryl methyl sites for hydroxylation is 1. The van der Waals surface area contributed by atoms with Gasteiger partial charge in [-0.1, -0.05) is 23.2 Å². The van der Waals surface area contributed by atoms with E-state index in [2.05, 4.69) is 15.1 Å². The van der Waals surface area contributed by atoms with Crippen LogP contribution in [0.1, 0.15) is 17.3 Å². The van der Waals surface area contributed by atoms with Gasteiger partial charge in [0.25, 0.3) is 10.2 Å². The van der Waals surface area contributed by atoms with Crippen LogP contribution in [0.5, 0.6) is 0 Å². The summed E-state index contributed by atoms with van der Waals surface area (Å²) < 4.78 is 44.1. The highest BCUT2D eigenvalue weighted by atomic mass is 35.5. The zero-order valence-corrected chi connectivity index (χ0v) is 20.0. The molecule has 0 aliphatic carbocycles. The van der Waals surface area contributed by atoms with E-state index in [4.69, 9.17) is 23.2 Å². The number of halogens is 3. The van der Waals surface area contributed by atoms with E-state index in [1.165, 1.54) is 30.5 Å². The summed E-state index contributed by atoms with van der Waals surface area (Å²) in [6, 6.07) is 3.78. The van der Waals surface area contributed by atoms with Gasteiger partial charge in [0.1, 0.15) is 11.9 Å². The van der Waals surface area contributed by atoms with Crippen LogP contribution in [0.25, 0.3) is 10.4 Å². The third-order valence-corrected chi connectivity index (χ3v) is 8.67. The number of amides is 1. The molecule has 1 amide bonds. The molecule has 2 N–H and O–H groups in total. The number of hydrogen-bond donors (Lipinski definition) is 2. The van der Waals surface area contributed by atoms with Crippen molar-refractivity contribution in [2.45, 2.75) is 18.5 Å². The lowest BCUT2D eigenvalue weighted by molar-refractivity contribution is -0.120. The normalized spacial score (nSPS) is 20.9. The maximum Gasteiger partial charge on any atom is 0.280 e. The van der Waals surface area contributed by atoms with Crippen LogP contribution in [-0.4, -0.2) is 41.5 Å². The third-order valence-electron chi connectivity index (χ3n) is 5.07. The van der Waals surface area contributed by atoms with E-state index in [-0.39, 0.29) is 17.1 Å². The molecule has 0 saturated carbocycles. The van der Waals surface area contributed by atoms with E-state index in [9.17, 15) is 17.6 Å². The van der Waals surface area contributed by atoms with E-state index in [1.54, 1.807) is 24.0 Å². The number of carbonyl (C=O) groups excluding carboxylic acids is 1. The average molecular weight is 518 g/mol. The molecule has 3 aromatic rings. The van der Waals surface area contributed by atoms with Crippen LogP contribution < -0.4 is 10.0 Å². The number of likely N-dealkylation sites (N-methyl/N-ethyl adjacent to an activating group) is 1. The Morgan fingerprint density at radius 1 is 1.28 bits per heavy atom. The number of carbonyl (C=O) groups is 1. The Morgan fingerprint density at radius 3 is 2.69 bits per heavy atom. The first-order chi connectivity index (χ1) is 15.0. The average Bonchev–Trinajstić information content (AvgIpc) is 3.32.